The van der Waals surface area contributed by atoms with Crippen molar-refractivity contribution in [2.75, 3.05) is 19.6 Å². The standard InChI is InChI=1S/C9H18N2/c10-9-4-5-11(7-9)6-8-2-1-3-8/h8-9H,1-7,10H2/t9-/m1/s1. The Morgan fingerprint density at radius 3 is 2.55 bits per heavy atom. The van der Waals surface area contributed by atoms with Gasteiger partial charge in [-0.25, -0.2) is 0 Å². The SMILES string of the molecule is N[C@@H]1CCN(CC2CCC2)C1. The minimum absolute atomic E-state index is 0.468. The quantitative estimate of drug-likeness (QED) is 0.638. The molecule has 11 heavy (non-hydrogen) atoms. The fourth-order valence-corrected chi connectivity index (χ4v) is 2.07. The predicted octanol–water partition coefficient (Wildman–Crippen LogP) is 0.819. The molecule has 1 saturated carbocycles. The van der Waals surface area contributed by atoms with Gasteiger partial charge >= 0.3 is 0 Å². The van der Waals surface area contributed by atoms with Gasteiger partial charge in [0.2, 0.25) is 0 Å². The summed E-state index contributed by atoms with van der Waals surface area (Å²) in [6.45, 7) is 3.72. The molecule has 1 aliphatic heterocycles. The second-order valence-corrected chi connectivity index (χ2v) is 4.11. The van der Waals surface area contributed by atoms with E-state index in [0.29, 0.717) is 6.04 Å². The highest BCUT2D eigenvalue weighted by atomic mass is 15.2. The van der Waals surface area contributed by atoms with Gasteiger partial charge in [-0.2, -0.15) is 0 Å². The molecule has 2 N–H and O–H groups in total. The summed E-state index contributed by atoms with van der Waals surface area (Å²) < 4.78 is 0. The van der Waals surface area contributed by atoms with E-state index < -0.39 is 0 Å². The van der Waals surface area contributed by atoms with Crippen molar-refractivity contribution in [1.29, 1.82) is 0 Å². The summed E-state index contributed by atoms with van der Waals surface area (Å²) in [5, 5.41) is 0. The van der Waals surface area contributed by atoms with Gasteiger partial charge in [0, 0.05) is 19.1 Å². The van der Waals surface area contributed by atoms with Gasteiger partial charge in [0.15, 0.2) is 0 Å². The van der Waals surface area contributed by atoms with Crippen LogP contribution < -0.4 is 5.73 Å². The second-order valence-electron chi connectivity index (χ2n) is 4.11. The Morgan fingerprint density at radius 2 is 2.09 bits per heavy atom. The van der Waals surface area contributed by atoms with Crippen molar-refractivity contribution in [3.8, 4) is 0 Å². The van der Waals surface area contributed by atoms with Crippen LogP contribution in [0.4, 0.5) is 0 Å². The lowest BCUT2D eigenvalue weighted by atomic mass is 9.85. The average Bonchev–Trinajstić information content (AvgIpc) is 2.27. The van der Waals surface area contributed by atoms with Gasteiger partial charge in [0.1, 0.15) is 0 Å². The van der Waals surface area contributed by atoms with E-state index in [0.717, 1.165) is 12.5 Å². The summed E-state index contributed by atoms with van der Waals surface area (Å²) in [5.41, 5.74) is 5.82. The molecule has 0 aromatic rings. The molecular formula is C9H18N2. The molecule has 1 saturated heterocycles. The van der Waals surface area contributed by atoms with Crippen LogP contribution in [0.3, 0.4) is 0 Å². The number of nitrogens with two attached hydrogens (primary N) is 1. The third-order valence-electron chi connectivity index (χ3n) is 3.05. The molecule has 0 unspecified atom stereocenters. The molecule has 2 fully saturated rings. The molecule has 2 rings (SSSR count). The van der Waals surface area contributed by atoms with E-state index in [1.54, 1.807) is 0 Å². The largest absolute Gasteiger partial charge is 0.326 e. The monoisotopic (exact) mass is 154 g/mol. The highest BCUT2D eigenvalue weighted by Crippen LogP contribution is 2.27. The zero-order chi connectivity index (χ0) is 7.68. The molecule has 1 heterocycles. The normalized spacial score (nSPS) is 34.1. The predicted molar refractivity (Wildman–Crippen MR) is 46.4 cm³/mol. The molecule has 0 bridgehead atoms. The molecule has 0 aromatic carbocycles. The van der Waals surface area contributed by atoms with Crippen LogP contribution in [0.1, 0.15) is 25.7 Å². The number of likely N-dealkylation sites (tertiary alicyclic amines) is 1. The van der Waals surface area contributed by atoms with Crippen LogP contribution in [-0.4, -0.2) is 30.6 Å². The van der Waals surface area contributed by atoms with Crippen molar-refractivity contribution in [2.24, 2.45) is 11.7 Å². The van der Waals surface area contributed by atoms with E-state index in [9.17, 15) is 0 Å². The van der Waals surface area contributed by atoms with Gasteiger partial charge in [0.25, 0.3) is 0 Å². The lowest BCUT2D eigenvalue weighted by molar-refractivity contribution is 0.204. The van der Waals surface area contributed by atoms with Crippen molar-refractivity contribution >= 4 is 0 Å². The van der Waals surface area contributed by atoms with Crippen LogP contribution in [0, 0.1) is 5.92 Å². The highest BCUT2D eigenvalue weighted by Gasteiger charge is 2.24. The van der Waals surface area contributed by atoms with Crippen LogP contribution in [0.2, 0.25) is 0 Å². The smallest absolute Gasteiger partial charge is 0.0180 e. The van der Waals surface area contributed by atoms with E-state index in [4.69, 9.17) is 5.73 Å². The summed E-state index contributed by atoms with van der Waals surface area (Å²) in [5.74, 6) is 1.01. The summed E-state index contributed by atoms with van der Waals surface area (Å²) >= 11 is 0. The molecule has 0 aromatic heterocycles. The van der Waals surface area contributed by atoms with Crippen LogP contribution >= 0.6 is 0 Å². The van der Waals surface area contributed by atoms with Crippen molar-refractivity contribution < 1.29 is 0 Å². The highest BCUT2D eigenvalue weighted by molar-refractivity contribution is 4.81. The Labute approximate surface area is 68.7 Å². The fourth-order valence-electron chi connectivity index (χ4n) is 2.07. The van der Waals surface area contributed by atoms with E-state index in [-0.39, 0.29) is 0 Å². The molecule has 1 atom stereocenters. The molecular weight excluding hydrogens is 136 g/mol. The Kier molecular flexibility index (Phi) is 2.14. The number of hydrogen-bond acceptors (Lipinski definition) is 2. The van der Waals surface area contributed by atoms with Crippen molar-refractivity contribution in [3.63, 3.8) is 0 Å². The molecule has 2 heteroatoms. The van der Waals surface area contributed by atoms with Crippen molar-refractivity contribution in [2.45, 2.75) is 31.7 Å². The minimum Gasteiger partial charge on any atom is -0.326 e. The van der Waals surface area contributed by atoms with Crippen molar-refractivity contribution in [3.05, 3.63) is 0 Å². The first kappa shape index (κ1) is 7.56. The number of nitrogens with zero attached hydrogens (tertiary/aromatic N) is 1. The number of rotatable bonds is 2. The topological polar surface area (TPSA) is 29.3 Å². The van der Waals surface area contributed by atoms with Crippen LogP contribution in [0.15, 0.2) is 0 Å². The maximum Gasteiger partial charge on any atom is 0.0180 e. The minimum atomic E-state index is 0.468. The average molecular weight is 154 g/mol. The van der Waals surface area contributed by atoms with Gasteiger partial charge in [-0.05, 0) is 31.7 Å². The maximum atomic E-state index is 5.82. The van der Waals surface area contributed by atoms with Crippen molar-refractivity contribution in [1.82, 2.24) is 4.90 Å². The molecule has 2 aliphatic rings. The van der Waals surface area contributed by atoms with Gasteiger partial charge in [-0.1, -0.05) is 6.42 Å². The summed E-state index contributed by atoms with van der Waals surface area (Å²) in [4.78, 5) is 2.54. The third kappa shape index (κ3) is 1.74. The fraction of sp³-hybridized carbons (Fsp3) is 1.00. The molecule has 64 valence electrons. The first-order valence-corrected chi connectivity index (χ1v) is 4.82. The lowest BCUT2D eigenvalue weighted by Gasteiger charge is -2.29. The van der Waals surface area contributed by atoms with Gasteiger partial charge in [0.05, 0.1) is 0 Å². The van der Waals surface area contributed by atoms with Crippen LogP contribution in [0.25, 0.3) is 0 Å². The summed E-state index contributed by atoms with van der Waals surface area (Å²) in [6.07, 6.45) is 5.61. The van der Waals surface area contributed by atoms with E-state index in [2.05, 4.69) is 4.90 Å². The molecule has 1 aliphatic carbocycles. The van der Waals surface area contributed by atoms with E-state index in [1.165, 1.54) is 38.8 Å². The zero-order valence-electron chi connectivity index (χ0n) is 7.13. The Hall–Kier alpha value is -0.0800. The number of hydrogen-bond donors (Lipinski definition) is 1. The summed E-state index contributed by atoms with van der Waals surface area (Å²) in [6, 6.07) is 0.468. The second kappa shape index (κ2) is 3.11. The molecule has 0 radical (unpaired) electrons. The zero-order valence-corrected chi connectivity index (χ0v) is 7.13. The Balaban J connectivity index is 1.70. The maximum absolute atomic E-state index is 5.82. The van der Waals surface area contributed by atoms with Gasteiger partial charge in [-0.3, -0.25) is 0 Å². The first-order valence-electron chi connectivity index (χ1n) is 4.82. The third-order valence-corrected chi connectivity index (χ3v) is 3.05. The van der Waals surface area contributed by atoms with E-state index in [1.807, 2.05) is 0 Å². The molecule has 0 spiro atoms. The Bertz CT molecular complexity index is 132. The van der Waals surface area contributed by atoms with Crippen LogP contribution in [0.5, 0.6) is 0 Å². The molecule has 0 amide bonds. The van der Waals surface area contributed by atoms with E-state index >= 15 is 0 Å². The first-order chi connectivity index (χ1) is 5.34. The molecule has 2 nitrogen and oxygen atoms in total. The van der Waals surface area contributed by atoms with Crippen LogP contribution in [-0.2, 0) is 0 Å². The van der Waals surface area contributed by atoms with Gasteiger partial charge < -0.3 is 10.6 Å². The summed E-state index contributed by atoms with van der Waals surface area (Å²) in [7, 11) is 0. The lowest BCUT2D eigenvalue weighted by Crippen LogP contribution is -2.33. The Morgan fingerprint density at radius 1 is 1.27 bits per heavy atom. The van der Waals surface area contributed by atoms with Gasteiger partial charge in [-0.15, -0.1) is 0 Å².